The van der Waals surface area contributed by atoms with Crippen LogP contribution in [0.25, 0.3) is 0 Å². The topological polar surface area (TPSA) is 53.0 Å². The standard InChI is InChI=1S/C17H25BrN2O3/c1-19(12-17(21)22)15-4-3-8-20(9-7-15)11-13-10-14(18)5-6-16(13)23-2/h5-6,10,15H,3-4,7-9,11-12H2,1-2H3,(H,21,22). The van der Waals surface area contributed by atoms with Gasteiger partial charge in [-0.2, -0.15) is 0 Å². The number of carboxylic acids is 1. The van der Waals surface area contributed by atoms with E-state index < -0.39 is 5.97 Å². The quantitative estimate of drug-likeness (QED) is 0.816. The smallest absolute Gasteiger partial charge is 0.317 e. The molecule has 0 amide bonds. The molecule has 1 saturated heterocycles. The lowest BCUT2D eigenvalue weighted by Crippen LogP contribution is -2.36. The average molecular weight is 385 g/mol. The second-order valence-corrected chi connectivity index (χ2v) is 7.04. The summed E-state index contributed by atoms with van der Waals surface area (Å²) < 4.78 is 6.51. The summed E-state index contributed by atoms with van der Waals surface area (Å²) in [5.41, 5.74) is 1.18. The first kappa shape index (κ1) is 18.2. The minimum absolute atomic E-state index is 0.115. The van der Waals surface area contributed by atoms with Gasteiger partial charge in [-0.05, 0) is 57.6 Å². The van der Waals surface area contributed by atoms with Gasteiger partial charge in [0.1, 0.15) is 5.75 Å². The Morgan fingerprint density at radius 3 is 2.91 bits per heavy atom. The highest BCUT2D eigenvalue weighted by Crippen LogP contribution is 2.25. The van der Waals surface area contributed by atoms with Crippen molar-refractivity contribution in [2.75, 3.05) is 33.8 Å². The molecular weight excluding hydrogens is 360 g/mol. The Labute approximate surface area is 146 Å². The number of likely N-dealkylation sites (N-methyl/N-ethyl adjacent to an activating group) is 1. The van der Waals surface area contributed by atoms with Crippen LogP contribution in [0.2, 0.25) is 0 Å². The number of likely N-dealkylation sites (tertiary alicyclic amines) is 1. The number of carbonyl (C=O) groups is 1. The van der Waals surface area contributed by atoms with Crippen molar-refractivity contribution in [3.63, 3.8) is 0 Å². The van der Waals surface area contributed by atoms with Crippen LogP contribution in [0.1, 0.15) is 24.8 Å². The van der Waals surface area contributed by atoms with Crippen molar-refractivity contribution in [1.82, 2.24) is 9.80 Å². The fourth-order valence-electron chi connectivity index (χ4n) is 3.19. The van der Waals surface area contributed by atoms with Gasteiger partial charge >= 0.3 is 5.97 Å². The van der Waals surface area contributed by atoms with Crippen LogP contribution >= 0.6 is 15.9 Å². The summed E-state index contributed by atoms with van der Waals surface area (Å²) in [5, 5.41) is 8.94. The third-order valence-corrected chi connectivity index (χ3v) is 4.93. The van der Waals surface area contributed by atoms with E-state index in [1.165, 1.54) is 5.56 Å². The van der Waals surface area contributed by atoms with E-state index in [2.05, 4.69) is 26.9 Å². The molecule has 0 radical (unpaired) electrons. The lowest BCUT2D eigenvalue weighted by molar-refractivity contribution is -0.138. The molecule has 0 saturated carbocycles. The van der Waals surface area contributed by atoms with Crippen molar-refractivity contribution >= 4 is 21.9 Å². The first-order valence-corrected chi connectivity index (χ1v) is 8.75. The Hall–Kier alpha value is -1.11. The molecule has 1 fully saturated rings. The Balaban J connectivity index is 1.96. The zero-order valence-corrected chi connectivity index (χ0v) is 15.4. The maximum atomic E-state index is 10.9. The second-order valence-electron chi connectivity index (χ2n) is 6.13. The van der Waals surface area contributed by atoms with Crippen molar-refractivity contribution in [3.05, 3.63) is 28.2 Å². The normalized spacial score (nSPS) is 19.6. The molecule has 1 aliphatic heterocycles. The number of benzene rings is 1. The number of nitrogens with zero attached hydrogens (tertiary/aromatic N) is 2. The van der Waals surface area contributed by atoms with E-state index in [1.54, 1.807) is 7.11 Å². The number of halogens is 1. The van der Waals surface area contributed by atoms with Crippen LogP contribution < -0.4 is 4.74 Å². The number of methoxy groups -OCH3 is 1. The van der Waals surface area contributed by atoms with Gasteiger partial charge in [0, 0.05) is 22.6 Å². The third kappa shape index (κ3) is 5.48. The van der Waals surface area contributed by atoms with E-state index in [1.807, 2.05) is 24.1 Å². The minimum Gasteiger partial charge on any atom is -0.496 e. The summed E-state index contributed by atoms with van der Waals surface area (Å²) in [6.07, 6.45) is 3.14. The molecule has 0 aliphatic carbocycles. The van der Waals surface area contributed by atoms with Gasteiger partial charge in [0.15, 0.2) is 0 Å². The molecule has 23 heavy (non-hydrogen) atoms. The van der Waals surface area contributed by atoms with Gasteiger partial charge in [0.05, 0.1) is 13.7 Å². The molecular formula is C17H25BrN2O3. The van der Waals surface area contributed by atoms with E-state index in [-0.39, 0.29) is 6.54 Å². The van der Waals surface area contributed by atoms with Crippen LogP contribution in [0.4, 0.5) is 0 Å². The Morgan fingerprint density at radius 1 is 1.43 bits per heavy atom. The molecule has 0 aromatic heterocycles. The average Bonchev–Trinajstić information content (AvgIpc) is 2.72. The molecule has 2 rings (SSSR count). The number of rotatable bonds is 6. The van der Waals surface area contributed by atoms with Crippen LogP contribution in [-0.2, 0) is 11.3 Å². The van der Waals surface area contributed by atoms with E-state index in [0.717, 1.165) is 49.1 Å². The predicted molar refractivity (Wildman–Crippen MR) is 93.9 cm³/mol. The van der Waals surface area contributed by atoms with Crippen molar-refractivity contribution in [2.24, 2.45) is 0 Å². The molecule has 1 unspecified atom stereocenters. The maximum Gasteiger partial charge on any atom is 0.317 e. The van der Waals surface area contributed by atoms with Gasteiger partial charge in [0.2, 0.25) is 0 Å². The molecule has 1 heterocycles. The summed E-state index contributed by atoms with van der Waals surface area (Å²) in [5.74, 6) is 0.157. The van der Waals surface area contributed by atoms with Crippen molar-refractivity contribution < 1.29 is 14.6 Å². The van der Waals surface area contributed by atoms with E-state index in [0.29, 0.717) is 6.04 Å². The van der Waals surface area contributed by atoms with Gasteiger partial charge < -0.3 is 9.84 Å². The van der Waals surface area contributed by atoms with E-state index >= 15 is 0 Å². The van der Waals surface area contributed by atoms with Crippen LogP contribution in [0.3, 0.4) is 0 Å². The van der Waals surface area contributed by atoms with Gasteiger partial charge in [-0.25, -0.2) is 0 Å². The maximum absolute atomic E-state index is 10.9. The highest BCUT2D eigenvalue weighted by molar-refractivity contribution is 9.10. The van der Waals surface area contributed by atoms with Crippen LogP contribution in [0.15, 0.2) is 22.7 Å². The highest BCUT2D eigenvalue weighted by Gasteiger charge is 2.22. The number of hydrogen-bond donors (Lipinski definition) is 1. The lowest BCUT2D eigenvalue weighted by Gasteiger charge is -2.26. The first-order valence-electron chi connectivity index (χ1n) is 7.96. The zero-order chi connectivity index (χ0) is 16.8. The van der Waals surface area contributed by atoms with Crippen molar-refractivity contribution in [3.8, 4) is 5.75 Å². The molecule has 0 spiro atoms. The van der Waals surface area contributed by atoms with Crippen LogP contribution in [0.5, 0.6) is 5.75 Å². The Bertz CT molecular complexity index is 539. The SMILES string of the molecule is COc1ccc(Br)cc1CN1CCCC(N(C)CC(=O)O)CC1. The molecule has 6 heteroatoms. The third-order valence-electron chi connectivity index (χ3n) is 4.43. The first-order chi connectivity index (χ1) is 11.0. The Kier molecular flexibility index (Phi) is 6.87. The van der Waals surface area contributed by atoms with Gasteiger partial charge in [0.25, 0.3) is 0 Å². The summed E-state index contributed by atoms with van der Waals surface area (Å²) in [6.45, 7) is 2.99. The number of carboxylic acid groups (broad SMARTS) is 1. The van der Waals surface area contributed by atoms with E-state index in [4.69, 9.17) is 9.84 Å². The number of hydrogen-bond acceptors (Lipinski definition) is 4. The van der Waals surface area contributed by atoms with Crippen LogP contribution in [0, 0.1) is 0 Å². The van der Waals surface area contributed by atoms with Crippen molar-refractivity contribution in [2.45, 2.75) is 31.8 Å². The molecule has 1 N–H and O–H groups in total. The molecule has 1 aromatic carbocycles. The molecule has 0 bridgehead atoms. The molecule has 5 nitrogen and oxygen atoms in total. The van der Waals surface area contributed by atoms with Gasteiger partial charge in [-0.1, -0.05) is 15.9 Å². The fourth-order valence-corrected chi connectivity index (χ4v) is 3.60. The lowest BCUT2D eigenvalue weighted by atomic mass is 10.1. The van der Waals surface area contributed by atoms with Gasteiger partial charge in [-0.15, -0.1) is 0 Å². The molecule has 1 aliphatic rings. The number of ether oxygens (including phenoxy) is 1. The largest absolute Gasteiger partial charge is 0.496 e. The summed E-state index contributed by atoms with van der Waals surface area (Å²) >= 11 is 3.52. The molecule has 1 atom stereocenters. The monoisotopic (exact) mass is 384 g/mol. The zero-order valence-electron chi connectivity index (χ0n) is 13.8. The predicted octanol–water partition coefficient (Wildman–Crippen LogP) is 2.83. The minimum atomic E-state index is -0.757. The number of aliphatic carboxylic acids is 1. The second kappa shape index (κ2) is 8.66. The van der Waals surface area contributed by atoms with Crippen molar-refractivity contribution in [1.29, 1.82) is 0 Å². The van der Waals surface area contributed by atoms with Gasteiger partial charge in [-0.3, -0.25) is 14.6 Å². The summed E-state index contributed by atoms with van der Waals surface area (Å²) in [6, 6.07) is 6.43. The van der Waals surface area contributed by atoms with Crippen LogP contribution in [-0.4, -0.2) is 60.7 Å². The fraction of sp³-hybridized carbons (Fsp3) is 0.588. The highest BCUT2D eigenvalue weighted by atomic mass is 79.9. The summed E-state index contributed by atoms with van der Waals surface area (Å²) in [4.78, 5) is 15.3. The summed E-state index contributed by atoms with van der Waals surface area (Å²) in [7, 11) is 3.61. The van der Waals surface area contributed by atoms with E-state index in [9.17, 15) is 4.79 Å². The molecule has 128 valence electrons. The Morgan fingerprint density at radius 2 is 2.22 bits per heavy atom. The molecule has 1 aromatic rings.